The number of nitrogens with one attached hydrogen (secondary N) is 1. The topological polar surface area (TPSA) is 68.0 Å². The fourth-order valence-corrected chi connectivity index (χ4v) is 1.87. The zero-order valence-electron chi connectivity index (χ0n) is 11.4. The van der Waals surface area contributed by atoms with Crippen molar-refractivity contribution in [3.05, 3.63) is 29.6 Å². The maximum absolute atomic E-state index is 11.8. The first-order valence-corrected chi connectivity index (χ1v) is 6.50. The molecule has 4 heteroatoms. The molecular formula is C14H23N3O. The van der Waals surface area contributed by atoms with Crippen LogP contribution in [0.1, 0.15) is 38.4 Å². The van der Waals surface area contributed by atoms with Gasteiger partial charge in [0.25, 0.3) is 0 Å². The highest BCUT2D eigenvalue weighted by Gasteiger charge is 2.14. The van der Waals surface area contributed by atoms with E-state index in [0.29, 0.717) is 18.9 Å². The largest absolute Gasteiger partial charge is 0.349 e. The smallest absolute Gasteiger partial charge is 0.237 e. The van der Waals surface area contributed by atoms with Crippen LogP contribution in [0.15, 0.2) is 18.3 Å². The first-order valence-electron chi connectivity index (χ1n) is 6.50. The predicted octanol–water partition coefficient (Wildman–Crippen LogP) is 1.63. The second-order valence-corrected chi connectivity index (χ2v) is 4.92. The van der Waals surface area contributed by atoms with Crippen LogP contribution >= 0.6 is 0 Å². The average Bonchev–Trinajstić information content (AvgIpc) is 2.35. The summed E-state index contributed by atoms with van der Waals surface area (Å²) in [6.45, 7) is 6.64. The summed E-state index contributed by atoms with van der Waals surface area (Å²) in [6, 6.07) is 3.51. The van der Waals surface area contributed by atoms with Crippen molar-refractivity contribution in [1.82, 2.24) is 10.3 Å². The minimum absolute atomic E-state index is 0.101. The molecule has 0 bridgehead atoms. The summed E-state index contributed by atoms with van der Waals surface area (Å²) in [5.41, 5.74) is 7.90. The molecule has 1 aromatic heterocycles. The Morgan fingerprint density at radius 3 is 2.83 bits per heavy atom. The Morgan fingerprint density at radius 2 is 2.22 bits per heavy atom. The Bertz CT molecular complexity index is 390. The van der Waals surface area contributed by atoms with E-state index in [1.807, 2.05) is 12.1 Å². The van der Waals surface area contributed by atoms with Gasteiger partial charge in [0.1, 0.15) is 0 Å². The fraction of sp³-hybridized carbons (Fsp3) is 0.571. The van der Waals surface area contributed by atoms with E-state index in [2.05, 4.69) is 31.1 Å². The molecular weight excluding hydrogens is 226 g/mol. The monoisotopic (exact) mass is 249 g/mol. The number of aryl methyl sites for hydroxylation is 1. The van der Waals surface area contributed by atoms with Crippen molar-refractivity contribution < 1.29 is 4.79 Å². The normalized spacial score (nSPS) is 12.5. The van der Waals surface area contributed by atoms with E-state index in [0.717, 1.165) is 17.7 Å². The number of rotatable bonds is 6. The quantitative estimate of drug-likeness (QED) is 0.805. The number of nitrogens with two attached hydrogens (primary N) is 1. The van der Waals surface area contributed by atoms with Crippen LogP contribution in [0.25, 0.3) is 0 Å². The third-order valence-corrected chi connectivity index (χ3v) is 2.86. The van der Waals surface area contributed by atoms with Gasteiger partial charge in [0, 0.05) is 6.20 Å². The van der Waals surface area contributed by atoms with Crippen LogP contribution in [0.4, 0.5) is 0 Å². The summed E-state index contributed by atoms with van der Waals surface area (Å²) in [7, 11) is 0. The van der Waals surface area contributed by atoms with Gasteiger partial charge in [0.05, 0.1) is 18.3 Å². The van der Waals surface area contributed by atoms with E-state index in [9.17, 15) is 4.79 Å². The van der Waals surface area contributed by atoms with Crippen molar-refractivity contribution >= 4 is 5.91 Å². The zero-order chi connectivity index (χ0) is 13.5. The summed E-state index contributed by atoms with van der Waals surface area (Å²) in [6.07, 6.45) is 3.36. The number of pyridine rings is 1. The van der Waals surface area contributed by atoms with Crippen LogP contribution in [0, 0.1) is 5.92 Å². The lowest BCUT2D eigenvalue weighted by molar-refractivity contribution is -0.122. The van der Waals surface area contributed by atoms with Gasteiger partial charge in [-0.15, -0.1) is 0 Å². The second kappa shape index (κ2) is 7.11. The fourth-order valence-electron chi connectivity index (χ4n) is 1.87. The lowest BCUT2D eigenvalue weighted by atomic mass is 10.0. The van der Waals surface area contributed by atoms with E-state index in [4.69, 9.17) is 5.73 Å². The van der Waals surface area contributed by atoms with Crippen LogP contribution in [-0.4, -0.2) is 16.9 Å². The predicted molar refractivity (Wildman–Crippen MR) is 72.9 cm³/mol. The molecule has 0 aliphatic carbocycles. The van der Waals surface area contributed by atoms with Crippen molar-refractivity contribution in [1.29, 1.82) is 0 Å². The number of amides is 1. The van der Waals surface area contributed by atoms with Gasteiger partial charge >= 0.3 is 0 Å². The Hall–Kier alpha value is -1.42. The molecule has 3 N–H and O–H groups in total. The highest BCUT2D eigenvalue weighted by molar-refractivity contribution is 5.81. The minimum atomic E-state index is -0.432. The molecule has 1 aromatic rings. The lowest BCUT2D eigenvalue weighted by Gasteiger charge is -2.14. The Morgan fingerprint density at radius 1 is 1.50 bits per heavy atom. The van der Waals surface area contributed by atoms with E-state index < -0.39 is 6.04 Å². The van der Waals surface area contributed by atoms with Crippen molar-refractivity contribution in [2.75, 3.05) is 0 Å². The average molecular weight is 249 g/mol. The molecule has 0 aromatic carbocycles. The van der Waals surface area contributed by atoms with E-state index >= 15 is 0 Å². The number of carbonyl (C=O) groups excluding carboxylic acids is 1. The van der Waals surface area contributed by atoms with Crippen molar-refractivity contribution in [3.63, 3.8) is 0 Å². The summed E-state index contributed by atoms with van der Waals surface area (Å²) < 4.78 is 0. The Labute approximate surface area is 109 Å². The molecule has 18 heavy (non-hydrogen) atoms. The van der Waals surface area contributed by atoms with Gasteiger partial charge in [-0.2, -0.15) is 0 Å². The van der Waals surface area contributed by atoms with Crippen LogP contribution in [0.2, 0.25) is 0 Å². The number of nitrogens with zero attached hydrogens (tertiary/aromatic N) is 1. The number of hydrogen-bond acceptors (Lipinski definition) is 3. The highest BCUT2D eigenvalue weighted by Crippen LogP contribution is 2.06. The maximum Gasteiger partial charge on any atom is 0.237 e. The van der Waals surface area contributed by atoms with Crippen LogP contribution in [0.5, 0.6) is 0 Å². The lowest BCUT2D eigenvalue weighted by Crippen LogP contribution is -2.41. The molecule has 1 rings (SSSR count). The molecule has 0 aliphatic heterocycles. The zero-order valence-corrected chi connectivity index (χ0v) is 11.4. The SMILES string of the molecule is CCc1cccnc1CNC(=O)C(N)CC(C)C. The molecule has 100 valence electrons. The summed E-state index contributed by atoms with van der Waals surface area (Å²) in [5, 5.41) is 2.85. The molecule has 0 saturated heterocycles. The van der Waals surface area contributed by atoms with E-state index in [1.54, 1.807) is 6.20 Å². The summed E-state index contributed by atoms with van der Waals surface area (Å²) >= 11 is 0. The van der Waals surface area contributed by atoms with Gasteiger partial charge in [-0.3, -0.25) is 9.78 Å². The molecule has 0 saturated carbocycles. The van der Waals surface area contributed by atoms with Crippen molar-refractivity contribution in [2.24, 2.45) is 11.7 Å². The van der Waals surface area contributed by atoms with Gasteiger partial charge in [-0.05, 0) is 30.4 Å². The van der Waals surface area contributed by atoms with Gasteiger partial charge in [0.2, 0.25) is 5.91 Å². The minimum Gasteiger partial charge on any atom is -0.349 e. The Balaban J connectivity index is 2.52. The third-order valence-electron chi connectivity index (χ3n) is 2.86. The third kappa shape index (κ3) is 4.45. The molecule has 1 atom stereocenters. The molecule has 1 unspecified atom stereocenters. The summed E-state index contributed by atoms with van der Waals surface area (Å²) in [5.74, 6) is 0.322. The van der Waals surface area contributed by atoms with Crippen LogP contribution < -0.4 is 11.1 Å². The molecule has 4 nitrogen and oxygen atoms in total. The molecule has 1 amide bonds. The Kier molecular flexibility index (Phi) is 5.78. The van der Waals surface area contributed by atoms with E-state index in [-0.39, 0.29) is 5.91 Å². The van der Waals surface area contributed by atoms with Crippen molar-refractivity contribution in [2.45, 2.75) is 46.2 Å². The first kappa shape index (κ1) is 14.6. The molecule has 0 radical (unpaired) electrons. The van der Waals surface area contributed by atoms with Crippen molar-refractivity contribution in [3.8, 4) is 0 Å². The number of carbonyl (C=O) groups is 1. The van der Waals surface area contributed by atoms with Crippen LogP contribution in [-0.2, 0) is 17.8 Å². The van der Waals surface area contributed by atoms with Gasteiger partial charge in [-0.25, -0.2) is 0 Å². The molecule has 1 heterocycles. The van der Waals surface area contributed by atoms with Gasteiger partial charge in [0.15, 0.2) is 0 Å². The second-order valence-electron chi connectivity index (χ2n) is 4.92. The number of hydrogen-bond donors (Lipinski definition) is 2. The standard InChI is InChI=1S/C14H23N3O/c1-4-11-6-5-7-16-13(11)9-17-14(18)12(15)8-10(2)3/h5-7,10,12H,4,8-9,15H2,1-3H3,(H,17,18). The first-order chi connectivity index (χ1) is 8.54. The van der Waals surface area contributed by atoms with Crippen LogP contribution in [0.3, 0.4) is 0 Å². The maximum atomic E-state index is 11.8. The van der Waals surface area contributed by atoms with Gasteiger partial charge in [-0.1, -0.05) is 26.8 Å². The number of aromatic nitrogens is 1. The molecule has 0 fully saturated rings. The molecule has 0 aliphatic rings. The molecule has 0 spiro atoms. The summed E-state index contributed by atoms with van der Waals surface area (Å²) in [4.78, 5) is 16.1. The van der Waals surface area contributed by atoms with E-state index in [1.165, 1.54) is 0 Å². The van der Waals surface area contributed by atoms with Gasteiger partial charge < -0.3 is 11.1 Å². The highest BCUT2D eigenvalue weighted by atomic mass is 16.2.